The highest BCUT2D eigenvalue weighted by Crippen LogP contribution is 2.28. The van der Waals surface area contributed by atoms with Gasteiger partial charge in [-0.15, -0.1) is 0 Å². The van der Waals surface area contributed by atoms with Gasteiger partial charge in [0.25, 0.3) is 0 Å². The Hall–Kier alpha value is -1.81. The van der Waals surface area contributed by atoms with Crippen LogP contribution in [0.25, 0.3) is 0 Å². The molecule has 114 valence electrons. The maximum Gasteiger partial charge on any atom is 0.122 e. The smallest absolute Gasteiger partial charge is 0.122 e. The fourth-order valence-electron chi connectivity index (χ4n) is 2.87. The molecule has 1 atom stereocenters. The van der Waals surface area contributed by atoms with Crippen LogP contribution in [0.15, 0.2) is 12.1 Å². The molecule has 0 bridgehead atoms. The Balaban J connectivity index is 2.32. The van der Waals surface area contributed by atoms with Crippen LogP contribution in [0.3, 0.4) is 0 Å². The van der Waals surface area contributed by atoms with E-state index in [4.69, 9.17) is 10.5 Å². The number of nitrogens with zero attached hydrogens (tertiary/aromatic N) is 2. The van der Waals surface area contributed by atoms with Crippen LogP contribution < -0.4 is 10.5 Å². The summed E-state index contributed by atoms with van der Waals surface area (Å²) in [7, 11) is 3.67. The van der Waals surface area contributed by atoms with E-state index in [-0.39, 0.29) is 6.04 Å². The summed E-state index contributed by atoms with van der Waals surface area (Å²) in [5.74, 6) is 0.914. The molecule has 4 heteroatoms. The Kier molecular flexibility index (Phi) is 4.37. The van der Waals surface area contributed by atoms with E-state index >= 15 is 0 Å². The maximum atomic E-state index is 6.46. The lowest BCUT2D eigenvalue weighted by molar-refractivity contribution is 0.411. The average Bonchev–Trinajstić information content (AvgIpc) is 2.67. The molecule has 0 fully saturated rings. The van der Waals surface area contributed by atoms with Crippen LogP contribution >= 0.6 is 0 Å². The molecule has 1 aromatic heterocycles. The average molecular weight is 287 g/mol. The van der Waals surface area contributed by atoms with E-state index in [1.165, 1.54) is 22.4 Å². The van der Waals surface area contributed by atoms with Gasteiger partial charge >= 0.3 is 0 Å². The summed E-state index contributed by atoms with van der Waals surface area (Å²) in [6.45, 7) is 8.27. The minimum absolute atomic E-state index is 0.0313. The molecular formula is C17H25N3O. The van der Waals surface area contributed by atoms with Gasteiger partial charge in [0.1, 0.15) is 5.75 Å². The third kappa shape index (κ3) is 2.95. The molecule has 0 saturated heterocycles. The summed E-state index contributed by atoms with van der Waals surface area (Å²) < 4.78 is 7.29. The van der Waals surface area contributed by atoms with E-state index in [1.807, 2.05) is 18.7 Å². The third-order valence-corrected chi connectivity index (χ3v) is 4.27. The number of hydrogen-bond acceptors (Lipinski definition) is 3. The molecule has 0 amide bonds. The number of aromatic nitrogens is 2. The highest BCUT2D eigenvalue weighted by molar-refractivity contribution is 5.43. The summed E-state index contributed by atoms with van der Waals surface area (Å²) in [6, 6.07) is 4.17. The van der Waals surface area contributed by atoms with Crippen molar-refractivity contribution in [2.45, 2.75) is 40.2 Å². The Bertz CT molecular complexity index is 659. The molecule has 21 heavy (non-hydrogen) atoms. The standard InChI is InChI=1S/C17H25N3O/c1-10-8-17(21-6)11(2)7-14(10)16(18)9-15-12(3)19-20(5)13(15)4/h7-8,16H,9,18H2,1-6H3. The van der Waals surface area contributed by atoms with E-state index in [1.54, 1.807) is 7.11 Å². The van der Waals surface area contributed by atoms with Gasteiger partial charge in [-0.1, -0.05) is 6.07 Å². The topological polar surface area (TPSA) is 53.1 Å². The van der Waals surface area contributed by atoms with E-state index < -0.39 is 0 Å². The van der Waals surface area contributed by atoms with Crippen molar-refractivity contribution in [1.29, 1.82) is 0 Å². The number of rotatable bonds is 4. The first-order valence-electron chi connectivity index (χ1n) is 7.25. The minimum Gasteiger partial charge on any atom is -0.496 e. The molecule has 2 N–H and O–H groups in total. The van der Waals surface area contributed by atoms with Gasteiger partial charge in [-0.2, -0.15) is 5.10 Å². The van der Waals surface area contributed by atoms with Crippen molar-refractivity contribution in [2.75, 3.05) is 7.11 Å². The molecule has 0 aliphatic carbocycles. The van der Waals surface area contributed by atoms with Gasteiger partial charge < -0.3 is 10.5 Å². The lowest BCUT2D eigenvalue weighted by atomic mass is 9.93. The zero-order chi connectivity index (χ0) is 15.7. The van der Waals surface area contributed by atoms with Gasteiger partial charge in [-0.05, 0) is 62.4 Å². The summed E-state index contributed by atoms with van der Waals surface area (Å²) in [5.41, 5.74) is 13.4. The molecule has 2 rings (SSSR count). The summed E-state index contributed by atoms with van der Waals surface area (Å²) in [6.07, 6.45) is 0.804. The largest absolute Gasteiger partial charge is 0.496 e. The number of benzene rings is 1. The van der Waals surface area contributed by atoms with Crippen molar-refractivity contribution < 1.29 is 4.74 Å². The molecule has 0 aliphatic heterocycles. The monoisotopic (exact) mass is 287 g/mol. The lowest BCUT2D eigenvalue weighted by Gasteiger charge is -2.17. The molecule has 1 heterocycles. The van der Waals surface area contributed by atoms with Crippen molar-refractivity contribution >= 4 is 0 Å². The predicted molar refractivity (Wildman–Crippen MR) is 85.8 cm³/mol. The van der Waals surface area contributed by atoms with E-state index in [0.717, 1.165) is 23.4 Å². The van der Waals surface area contributed by atoms with E-state index in [9.17, 15) is 0 Å². The normalized spacial score (nSPS) is 12.5. The van der Waals surface area contributed by atoms with Crippen LogP contribution in [0.1, 0.15) is 39.7 Å². The van der Waals surface area contributed by atoms with Gasteiger partial charge in [0.05, 0.1) is 12.8 Å². The molecule has 2 aromatic rings. The van der Waals surface area contributed by atoms with Gasteiger partial charge in [0.2, 0.25) is 0 Å². The molecule has 4 nitrogen and oxygen atoms in total. The number of aryl methyl sites for hydroxylation is 4. The third-order valence-electron chi connectivity index (χ3n) is 4.27. The zero-order valence-electron chi connectivity index (χ0n) is 13.8. The molecule has 1 aromatic carbocycles. The first-order valence-corrected chi connectivity index (χ1v) is 7.25. The lowest BCUT2D eigenvalue weighted by Crippen LogP contribution is -2.16. The molecular weight excluding hydrogens is 262 g/mol. The van der Waals surface area contributed by atoms with Gasteiger partial charge in [0.15, 0.2) is 0 Å². The van der Waals surface area contributed by atoms with Gasteiger partial charge in [-0.25, -0.2) is 0 Å². The highest BCUT2D eigenvalue weighted by atomic mass is 16.5. The van der Waals surface area contributed by atoms with Crippen LogP contribution in [-0.2, 0) is 13.5 Å². The Morgan fingerprint density at radius 1 is 1.19 bits per heavy atom. The van der Waals surface area contributed by atoms with Crippen LogP contribution in [-0.4, -0.2) is 16.9 Å². The second kappa shape index (κ2) is 5.90. The predicted octanol–water partition coefficient (Wildman–Crippen LogP) is 2.90. The quantitative estimate of drug-likeness (QED) is 0.940. The second-order valence-corrected chi connectivity index (χ2v) is 5.76. The van der Waals surface area contributed by atoms with Crippen molar-refractivity contribution in [1.82, 2.24) is 9.78 Å². The fourth-order valence-corrected chi connectivity index (χ4v) is 2.87. The highest BCUT2D eigenvalue weighted by Gasteiger charge is 2.17. The number of nitrogens with two attached hydrogens (primary N) is 1. The molecule has 0 radical (unpaired) electrons. The van der Waals surface area contributed by atoms with Crippen molar-refractivity contribution in [3.63, 3.8) is 0 Å². The Morgan fingerprint density at radius 2 is 1.86 bits per heavy atom. The second-order valence-electron chi connectivity index (χ2n) is 5.76. The Morgan fingerprint density at radius 3 is 2.38 bits per heavy atom. The minimum atomic E-state index is -0.0313. The summed E-state index contributed by atoms with van der Waals surface area (Å²) in [4.78, 5) is 0. The van der Waals surface area contributed by atoms with Crippen LogP contribution in [0.2, 0.25) is 0 Å². The molecule has 0 spiro atoms. The van der Waals surface area contributed by atoms with Crippen LogP contribution in [0, 0.1) is 27.7 Å². The van der Waals surface area contributed by atoms with E-state index in [2.05, 4.69) is 38.0 Å². The fraction of sp³-hybridized carbons (Fsp3) is 0.471. The number of methoxy groups -OCH3 is 1. The van der Waals surface area contributed by atoms with Crippen molar-refractivity contribution in [3.8, 4) is 5.75 Å². The van der Waals surface area contributed by atoms with E-state index in [0.29, 0.717) is 0 Å². The van der Waals surface area contributed by atoms with Gasteiger partial charge in [-0.3, -0.25) is 4.68 Å². The summed E-state index contributed by atoms with van der Waals surface area (Å²) >= 11 is 0. The van der Waals surface area contributed by atoms with Crippen molar-refractivity contribution in [3.05, 3.63) is 45.8 Å². The first kappa shape index (κ1) is 15.6. The zero-order valence-corrected chi connectivity index (χ0v) is 13.8. The van der Waals surface area contributed by atoms with Crippen molar-refractivity contribution in [2.24, 2.45) is 12.8 Å². The number of ether oxygens (including phenoxy) is 1. The Labute approximate surface area is 126 Å². The first-order chi connectivity index (χ1) is 9.85. The number of hydrogen-bond donors (Lipinski definition) is 1. The van der Waals surface area contributed by atoms with Crippen LogP contribution in [0.5, 0.6) is 5.75 Å². The molecule has 0 saturated carbocycles. The molecule has 0 aliphatic rings. The maximum absolute atomic E-state index is 6.46. The SMILES string of the molecule is COc1cc(C)c(C(N)Cc2c(C)nn(C)c2C)cc1C. The van der Waals surface area contributed by atoms with Crippen LogP contribution in [0.4, 0.5) is 0 Å². The van der Waals surface area contributed by atoms with Gasteiger partial charge in [0, 0.05) is 18.8 Å². The molecule has 1 unspecified atom stereocenters. The summed E-state index contributed by atoms with van der Waals surface area (Å²) in [5, 5.41) is 4.47.